The predicted octanol–water partition coefficient (Wildman–Crippen LogP) is -1.03. The molecule has 0 aromatic rings. The van der Waals surface area contributed by atoms with Crippen LogP contribution in [0.1, 0.15) is 0 Å². The molecule has 0 N–H and O–H groups in total. The fraction of sp³-hybridized carbons (Fsp3) is 0.333. The van der Waals surface area contributed by atoms with Crippen LogP contribution in [-0.2, 0) is 14.6 Å². The van der Waals surface area contributed by atoms with Gasteiger partial charge < -0.3 is 0 Å². The van der Waals surface area contributed by atoms with E-state index in [1.165, 1.54) is 0 Å². The monoisotopic (exact) mass is 133 g/mol. The third-order valence-electron chi connectivity index (χ3n) is 0.748. The zero-order valence-corrected chi connectivity index (χ0v) is 4.68. The quantitative estimate of drug-likeness (QED) is 0.424. The Balaban J connectivity index is 3.15. The number of hydrogen-bond acceptors (Lipinski definition) is 4. The van der Waals surface area contributed by atoms with Crippen LogP contribution in [0.5, 0.6) is 0 Å². The Morgan fingerprint density at radius 3 is 2.38 bits per heavy atom. The van der Waals surface area contributed by atoms with Gasteiger partial charge in [0.05, 0.1) is 6.21 Å². The molecule has 1 rings (SSSR count). The molecule has 0 aromatic carbocycles. The molecule has 0 saturated heterocycles. The number of carbonyl (C=O) groups is 1. The molecule has 1 aliphatic heterocycles. The van der Waals surface area contributed by atoms with Crippen LogP contribution < -0.4 is 0 Å². The summed E-state index contributed by atoms with van der Waals surface area (Å²) in [5, 5.41) is -0.877. The number of carbonyl (C=O) groups excluding carboxylic acids is 1. The number of aliphatic imine (C=N–C) groups is 1. The van der Waals surface area contributed by atoms with E-state index in [1.807, 2.05) is 0 Å². The lowest BCUT2D eigenvalue weighted by Crippen LogP contribution is -2.10. The summed E-state index contributed by atoms with van der Waals surface area (Å²) >= 11 is 0. The first-order valence-electron chi connectivity index (χ1n) is 1.89. The zero-order valence-electron chi connectivity index (χ0n) is 3.86. The van der Waals surface area contributed by atoms with Gasteiger partial charge in [-0.1, -0.05) is 0 Å². The summed E-state index contributed by atoms with van der Waals surface area (Å²) in [6, 6.07) is 0. The topological polar surface area (TPSA) is 63.6 Å². The van der Waals surface area contributed by atoms with E-state index < -0.39 is 15.0 Å². The molecule has 1 aliphatic rings. The van der Waals surface area contributed by atoms with E-state index in [2.05, 4.69) is 4.99 Å². The van der Waals surface area contributed by atoms with Gasteiger partial charge in [0.25, 0.3) is 5.12 Å². The highest BCUT2D eigenvalue weighted by atomic mass is 32.2. The van der Waals surface area contributed by atoms with Crippen molar-refractivity contribution < 1.29 is 13.2 Å². The van der Waals surface area contributed by atoms with E-state index in [0.717, 1.165) is 6.21 Å². The Hall–Kier alpha value is -0.710. The van der Waals surface area contributed by atoms with Gasteiger partial charge >= 0.3 is 0 Å². The van der Waals surface area contributed by atoms with Crippen molar-refractivity contribution in [3.05, 3.63) is 0 Å². The van der Waals surface area contributed by atoms with Crippen molar-refractivity contribution in [1.82, 2.24) is 0 Å². The molecule has 8 heavy (non-hydrogen) atoms. The second-order valence-electron chi connectivity index (χ2n) is 1.37. The van der Waals surface area contributed by atoms with Crippen molar-refractivity contribution in [1.29, 1.82) is 0 Å². The van der Waals surface area contributed by atoms with Crippen molar-refractivity contribution in [3.63, 3.8) is 0 Å². The van der Waals surface area contributed by atoms with Gasteiger partial charge in [0.15, 0.2) is 0 Å². The molecule has 0 spiro atoms. The van der Waals surface area contributed by atoms with E-state index in [4.69, 9.17) is 0 Å². The van der Waals surface area contributed by atoms with Gasteiger partial charge in [0.1, 0.15) is 5.88 Å². The summed E-state index contributed by atoms with van der Waals surface area (Å²) in [5.41, 5.74) is 0. The lowest BCUT2D eigenvalue weighted by Gasteiger charge is -1.79. The maximum Gasteiger partial charge on any atom is 0.289 e. The Morgan fingerprint density at radius 2 is 2.25 bits per heavy atom. The minimum atomic E-state index is -3.49. The molecule has 0 atom stereocenters. The highest BCUT2D eigenvalue weighted by Crippen LogP contribution is 1.97. The van der Waals surface area contributed by atoms with Crippen molar-refractivity contribution in [2.75, 3.05) is 5.88 Å². The summed E-state index contributed by atoms with van der Waals surface area (Å²) in [4.78, 5) is 13.4. The van der Waals surface area contributed by atoms with Crippen LogP contribution in [-0.4, -0.2) is 25.6 Å². The van der Waals surface area contributed by atoms with Crippen LogP contribution >= 0.6 is 0 Å². The van der Waals surface area contributed by atoms with Gasteiger partial charge in [0, 0.05) is 0 Å². The van der Waals surface area contributed by atoms with Crippen LogP contribution in [0.3, 0.4) is 0 Å². The Labute approximate surface area is 46.1 Å². The SMILES string of the molecule is O=C1C=NCS1(=O)=O. The van der Waals surface area contributed by atoms with Crippen LogP contribution in [0.25, 0.3) is 0 Å². The molecule has 44 valence electrons. The van der Waals surface area contributed by atoms with Crippen molar-refractivity contribution >= 4 is 21.2 Å². The third-order valence-corrected chi connectivity index (χ3v) is 1.96. The van der Waals surface area contributed by atoms with Gasteiger partial charge in [-0.2, -0.15) is 0 Å². The summed E-state index contributed by atoms with van der Waals surface area (Å²) in [6.07, 6.45) is 0.829. The average Bonchev–Trinajstić information content (AvgIpc) is 1.86. The lowest BCUT2D eigenvalue weighted by molar-refractivity contribution is -0.105. The summed E-state index contributed by atoms with van der Waals surface area (Å²) < 4.78 is 20.6. The third kappa shape index (κ3) is 0.645. The first-order chi connectivity index (χ1) is 3.63. The Kier molecular flexibility index (Phi) is 0.937. The lowest BCUT2D eigenvalue weighted by atomic mass is 10.8. The van der Waals surface area contributed by atoms with Gasteiger partial charge in [-0.05, 0) is 0 Å². The number of sulfone groups is 1. The predicted molar refractivity (Wildman–Crippen MR) is 27.3 cm³/mol. The van der Waals surface area contributed by atoms with E-state index in [0.29, 0.717) is 0 Å². The van der Waals surface area contributed by atoms with Crippen LogP contribution in [0.2, 0.25) is 0 Å². The molecule has 0 fully saturated rings. The van der Waals surface area contributed by atoms with Gasteiger partial charge in [-0.25, -0.2) is 8.42 Å². The molecule has 0 bridgehead atoms. The summed E-state index contributed by atoms with van der Waals surface area (Å²) in [6.45, 7) is 0. The van der Waals surface area contributed by atoms with E-state index in [-0.39, 0.29) is 5.88 Å². The zero-order chi connectivity index (χ0) is 6.20. The normalized spacial score (nSPS) is 24.2. The molecule has 0 amide bonds. The van der Waals surface area contributed by atoms with Crippen molar-refractivity contribution in [2.24, 2.45) is 4.99 Å². The van der Waals surface area contributed by atoms with Gasteiger partial charge in [0.2, 0.25) is 9.84 Å². The van der Waals surface area contributed by atoms with E-state index in [1.54, 1.807) is 0 Å². The molecule has 1 heterocycles. The van der Waals surface area contributed by atoms with Gasteiger partial charge in [-0.3, -0.25) is 9.79 Å². The fourth-order valence-corrected chi connectivity index (χ4v) is 0.987. The highest BCUT2D eigenvalue weighted by molar-refractivity contribution is 8.08. The van der Waals surface area contributed by atoms with Gasteiger partial charge in [-0.15, -0.1) is 0 Å². The number of nitrogens with zero attached hydrogens (tertiary/aromatic N) is 1. The minimum absolute atomic E-state index is 0.369. The fourth-order valence-electron chi connectivity index (χ4n) is 0.354. The van der Waals surface area contributed by atoms with Crippen molar-refractivity contribution in [3.8, 4) is 0 Å². The average molecular weight is 133 g/mol. The maximum atomic E-state index is 10.3. The minimum Gasteiger partial charge on any atom is -0.275 e. The molecule has 5 heteroatoms. The first-order valence-corrected chi connectivity index (χ1v) is 3.55. The van der Waals surface area contributed by atoms with Crippen LogP contribution in [0, 0.1) is 0 Å². The Bertz CT molecular complexity index is 237. The Morgan fingerprint density at radius 1 is 1.62 bits per heavy atom. The van der Waals surface area contributed by atoms with Crippen molar-refractivity contribution in [2.45, 2.75) is 0 Å². The molecular weight excluding hydrogens is 130 g/mol. The number of hydrogen-bond donors (Lipinski definition) is 0. The first kappa shape index (κ1) is 5.43. The molecule has 0 radical (unpaired) electrons. The molecule has 0 aromatic heterocycles. The smallest absolute Gasteiger partial charge is 0.275 e. The van der Waals surface area contributed by atoms with E-state index in [9.17, 15) is 13.2 Å². The molecule has 0 unspecified atom stereocenters. The molecule has 0 aliphatic carbocycles. The summed E-state index contributed by atoms with van der Waals surface area (Å²) in [7, 11) is -3.49. The second-order valence-corrected chi connectivity index (χ2v) is 3.26. The number of rotatable bonds is 0. The standard InChI is InChI=1S/C3H3NO3S/c5-3-1-4-2-8(3,6)7/h1H,2H2. The summed E-state index contributed by atoms with van der Waals surface area (Å²) in [5.74, 6) is -0.369. The molecule has 4 nitrogen and oxygen atoms in total. The van der Waals surface area contributed by atoms with E-state index >= 15 is 0 Å². The largest absolute Gasteiger partial charge is 0.289 e. The highest BCUT2D eigenvalue weighted by Gasteiger charge is 2.23. The second kappa shape index (κ2) is 1.38. The van der Waals surface area contributed by atoms with Crippen LogP contribution in [0.4, 0.5) is 0 Å². The maximum absolute atomic E-state index is 10.3. The van der Waals surface area contributed by atoms with Crippen LogP contribution in [0.15, 0.2) is 4.99 Å². The molecular formula is C3H3NO3S. The molecule has 0 saturated carbocycles.